The summed E-state index contributed by atoms with van der Waals surface area (Å²) in [6, 6.07) is -0.0655. The number of H-pyrrole nitrogens is 1. The zero-order valence-corrected chi connectivity index (χ0v) is 12.3. The van der Waals surface area contributed by atoms with Crippen LogP contribution in [0.3, 0.4) is 0 Å². The maximum absolute atomic E-state index is 12.0. The molecule has 118 valence electrons. The van der Waals surface area contributed by atoms with E-state index in [9.17, 15) is 9.59 Å². The number of hydrogen-bond acceptors (Lipinski definition) is 6. The summed E-state index contributed by atoms with van der Waals surface area (Å²) < 4.78 is 11.8. The van der Waals surface area contributed by atoms with Crippen LogP contribution < -0.4 is 22.3 Å². The zero-order chi connectivity index (χ0) is 15.4. The molecule has 1 aromatic heterocycles. The largest absolute Gasteiger partial charge is 0.383 e. The van der Waals surface area contributed by atoms with Gasteiger partial charge in [-0.2, -0.15) is 0 Å². The quantitative estimate of drug-likeness (QED) is 0.667. The number of aromatic amines is 1. The molecule has 2 atom stereocenters. The predicted octanol–water partition coefficient (Wildman–Crippen LogP) is -0.255. The first-order valence-electron chi connectivity index (χ1n) is 7.04. The second-order valence-electron chi connectivity index (χ2n) is 5.15. The molecule has 0 spiro atoms. The monoisotopic (exact) mass is 298 g/mol. The van der Waals surface area contributed by atoms with Crippen molar-refractivity contribution in [2.24, 2.45) is 0 Å². The topological polar surface area (TPSA) is 111 Å². The van der Waals surface area contributed by atoms with Gasteiger partial charge < -0.3 is 20.5 Å². The first-order chi connectivity index (χ1) is 10.0. The highest BCUT2D eigenvalue weighted by Crippen LogP contribution is 2.19. The van der Waals surface area contributed by atoms with E-state index in [0.29, 0.717) is 6.61 Å². The molecule has 0 amide bonds. The van der Waals surface area contributed by atoms with Crippen LogP contribution in [-0.4, -0.2) is 42.0 Å². The minimum atomic E-state index is -0.537. The normalized spacial score (nSPS) is 19.6. The average Bonchev–Trinajstić information content (AvgIpc) is 2.97. The number of hydrogen-bond donors (Lipinski definition) is 3. The Morgan fingerprint density at radius 2 is 2.33 bits per heavy atom. The minimum absolute atomic E-state index is 0.0446. The van der Waals surface area contributed by atoms with E-state index in [1.54, 1.807) is 0 Å². The van der Waals surface area contributed by atoms with Crippen molar-refractivity contribution in [1.82, 2.24) is 9.55 Å². The summed E-state index contributed by atoms with van der Waals surface area (Å²) >= 11 is 0. The maximum atomic E-state index is 12.0. The average molecular weight is 298 g/mol. The van der Waals surface area contributed by atoms with Crippen molar-refractivity contribution in [3.63, 3.8) is 0 Å². The molecule has 2 rings (SSSR count). The molecular formula is C13H22N4O4. The van der Waals surface area contributed by atoms with Gasteiger partial charge in [0.1, 0.15) is 11.5 Å². The molecule has 1 fully saturated rings. The molecule has 0 bridgehead atoms. The molecule has 1 aliphatic rings. The summed E-state index contributed by atoms with van der Waals surface area (Å²) in [7, 11) is 1.53. The Labute approximate surface area is 122 Å². The molecule has 1 aliphatic heterocycles. The Bertz CT molecular complexity index is 589. The molecule has 2 heterocycles. The lowest BCUT2D eigenvalue weighted by Gasteiger charge is -2.22. The molecule has 8 nitrogen and oxygen atoms in total. The van der Waals surface area contributed by atoms with Gasteiger partial charge in [0.2, 0.25) is 0 Å². The van der Waals surface area contributed by atoms with E-state index in [-0.39, 0.29) is 30.2 Å². The summed E-state index contributed by atoms with van der Waals surface area (Å²) in [5.74, 6) is 0.116. The first kappa shape index (κ1) is 15.6. The van der Waals surface area contributed by atoms with Crippen LogP contribution in [0.4, 0.5) is 11.5 Å². The van der Waals surface area contributed by atoms with Crippen LogP contribution in [0, 0.1) is 0 Å². The fraction of sp³-hybridized carbons (Fsp3) is 0.692. The molecule has 0 aromatic carbocycles. The third-order valence-electron chi connectivity index (χ3n) is 3.65. The van der Waals surface area contributed by atoms with Crippen LogP contribution in [-0.2, 0) is 16.0 Å². The van der Waals surface area contributed by atoms with Crippen molar-refractivity contribution >= 4 is 11.5 Å². The number of nitrogens with two attached hydrogens (primary N) is 1. The number of methoxy groups -OCH3 is 1. The second kappa shape index (κ2) is 6.77. The van der Waals surface area contributed by atoms with E-state index in [2.05, 4.69) is 10.3 Å². The van der Waals surface area contributed by atoms with Gasteiger partial charge >= 0.3 is 5.69 Å². The van der Waals surface area contributed by atoms with Gasteiger partial charge in [-0.05, 0) is 19.8 Å². The molecule has 2 unspecified atom stereocenters. The molecule has 0 saturated carbocycles. The number of anilines is 2. The molecular weight excluding hydrogens is 276 g/mol. The van der Waals surface area contributed by atoms with Crippen LogP contribution in [0.25, 0.3) is 0 Å². The number of nitrogens with one attached hydrogen (secondary N) is 2. The lowest BCUT2D eigenvalue weighted by Crippen LogP contribution is -2.38. The fourth-order valence-corrected chi connectivity index (χ4v) is 2.45. The Morgan fingerprint density at radius 1 is 1.57 bits per heavy atom. The summed E-state index contributed by atoms with van der Waals surface area (Å²) in [6.07, 6.45) is 1.99. The van der Waals surface area contributed by atoms with E-state index in [0.717, 1.165) is 19.4 Å². The van der Waals surface area contributed by atoms with Crippen LogP contribution in [0.15, 0.2) is 9.59 Å². The van der Waals surface area contributed by atoms with Crippen molar-refractivity contribution in [1.29, 1.82) is 0 Å². The van der Waals surface area contributed by atoms with Crippen molar-refractivity contribution in [2.45, 2.75) is 38.5 Å². The van der Waals surface area contributed by atoms with Gasteiger partial charge in [-0.25, -0.2) is 4.79 Å². The van der Waals surface area contributed by atoms with Crippen LogP contribution in [0.1, 0.15) is 19.8 Å². The van der Waals surface area contributed by atoms with Crippen molar-refractivity contribution in [3.05, 3.63) is 20.8 Å². The Kier molecular flexibility index (Phi) is 5.03. The lowest BCUT2D eigenvalue weighted by atomic mass is 10.1. The van der Waals surface area contributed by atoms with Crippen molar-refractivity contribution in [2.75, 3.05) is 31.4 Å². The zero-order valence-electron chi connectivity index (χ0n) is 12.3. The van der Waals surface area contributed by atoms with E-state index in [4.69, 9.17) is 15.2 Å². The Morgan fingerprint density at radius 3 is 2.95 bits per heavy atom. The van der Waals surface area contributed by atoms with Crippen LogP contribution in [0.5, 0.6) is 0 Å². The molecule has 0 aliphatic carbocycles. The van der Waals surface area contributed by atoms with Crippen molar-refractivity contribution < 1.29 is 9.47 Å². The van der Waals surface area contributed by atoms with Gasteiger partial charge in [0.25, 0.3) is 5.56 Å². The minimum Gasteiger partial charge on any atom is -0.383 e. The fourth-order valence-electron chi connectivity index (χ4n) is 2.45. The highest BCUT2D eigenvalue weighted by Gasteiger charge is 2.24. The Balaban J connectivity index is 2.25. The number of aromatic nitrogens is 2. The summed E-state index contributed by atoms with van der Waals surface area (Å²) in [4.78, 5) is 26.0. The lowest BCUT2D eigenvalue weighted by molar-refractivity contribution is 0.0996. The molecule has 0 radical (unpaired) electrons. The maximum Gasteiger partial charge on any atom is 0.330 e. The van der Waals surface area contributed by atoms with Crippen molar-refractivity contribution in [3.8, 4) is 0 Å². The number of rotatable bonds is 6. The smallest absolute Gasteiger partial charge is 0.330 e. The number of nitrogen functional groups attached to an aromatic ring is 1. The number of ether oxygens (including phenoxy) is 2. The van der Waals surface area contributed by atoms with Gasteiger partial charge in [0.05, 0.1) is 19.3 Å². The van der Waals surface area contributed by atoms with Gasteiger partial charge in [-0.3, -0.25) is 14.3 Å². The van der Waals surface area contributed by atoms with E-state index >= 15 is 0 Å². The summed E-state index contributed by atoms with van der Waals surface area (Å²) in [5, 5.41) is 3.07. The molecule has 8 heteroatoms. The van der Waals surface area contributed by atoms with Crippen LogP contribution in [0.2, 0.25) is 0 Å². The summed E-state index contributed by atoms with van der Waals surface area (Å²) in [5.41, 5.74) is 5.10. The number of nitrogens with zero attached hydrogens (tertiary/aromatic N) is 1. The van der Waals surface area contributed by atoms with Gasteiger partial charge in [0.15, 0.2) is 0 Å². The standard InChI is InChI=1S/C13H22N4O4/c1-8(9-4-3-6-21-9)15-10-11(14)17(5-7-20-2)13(19)16-12(10)18/h8-9,15H,3-7,14H2,1-2H3,(H,16,18,19). The summed E-state index contributed by atoms with van der Waals surface area (Å²) in [6.45, 7) is 3.27. The SMILES string of the molecule is COCCn1c(N)c(NC(C)C2CCCO2)c(=O)[nH]c1=O. The third-order valence-corrected chi connectivity index (χ3v) is 3.65. The highest BCUT2D eigenvalue weighted by molar-refractivity contribution is 5.61. The van der Waals surface area contributed by atoms with E-state index in [1.807, 2.05) is 6.92 Å². The van der Waals surface area contributed by atoms with Gasteiger partial charge in [-0.15, -0.1) is 0 Å². The van der Waals surface area contributed by atoms with E-state index in [1.165, 1.54) is 11.7 Å². The molecule has 21 heavy (non-hydrogen) atoms. The second-order valence-corrected chi connectivity index (χ2v) is 5.15. The first-order valence-corrected chi connectivity index (χ1v) is 7.04. The molecule has 1 saturated heterocycles. The Hall–Kier alpha value is -1.80. The third kappa shape index (κ3) is 3.45. The van der Waals surface area contributed by atoms with Crippen LogP contribution >= 0.6 is 0 Å². The predicted molar refractivity (Wildman–Crippen MR) is 79.7 cm³/mol. The highest BCUT2D eigenvalue weighted by atomic mass is 16.5. The molecule has 4 N–H and O–H groups in total. The van der Waals surface area contributed by atoms with E-state index < -0.39 is 11.2 Å². The van der Waals surface area contributed by atoms with Gasteiger partial charge in [0, 0.05) is 19.8 Å². The van der Waals surface area contributed by atoms with Gasteiger partial charge in [-0.1, -0.05) is 0 Å². The molecule has 1 aromatic rings.